The van der Waals surface area contributed by atoms with Gasteiger partial charge in [0, 0.05) is 0 Å². The van der Waals surface area contributed by atoms with E-state index < -0.39 is 15.5 Å². The predicted octanol–water partition coefficient (Wildman–Crippen LogP) is -1.06. The highest BCUT2D eigenvalue weighted by molar-refractivity contribution is 7.81. The normalized spacial score (nSPS) is 9.50. The molecule has 8 nitrogen and oxygen atoms in total. The third-order valence-corrected chi connectivity index (χ3v) is 0.874. The van der Waals surface area contributed by atoms with E-state index in [9.17, 15) is 18.5 Å². The van der Waals surface area contributed by atoms with Crippen molar-refractivity contribution < 1.29 is 22.0 Å². The van der Waals surface area contributed by atoms with Gasteiger partial charge >= 0.3 is 21.7 Å². The molecule has 56 valence electrons. The SMILES string of the molecule is N#COS(=O)(=O)O[N+](=O)[O-]. The summed E-state index contributed by atoms with van der Waals surface area (Å²) in [5.41, 5.74) is 0. The van der Waals surface area contributed by atoms with E-state index in [0.29, 0.717) is 6.26 Å². The Morgan fingerprint density at radius 1 is 1.60 bits per heavy atom. The van der Waals surface area contributed by atoms with E-state index in [1.807, 2.05) is 0 Å². The molecule has 0 bridgehead atoms. The highest BCUT2D eigenvalue weighted by atomic mass is 32.3. The first kappa shape index (κ1) is 8.44. The molecule has 0 rings (SSSR count). The number of rotatable bonds is 3. The summed E-state index contributed by atoms with van der Waals surface area (Å²) in [6.45, 7) is 0. The van der Waals surface area contributed by atoms with Crippen molar-refractivity contribution in [3.05, 3.63) is 10.1 Å². The van der Waals surface area contributed by atoms with E-state index in [0.717, 1.165) is 0 Å². The molecule has 0 aromatic rings. The maximum absolute atomic E-state index is 9.93. The quantitative estimate of drug-likeness (QED) is 0.299. The first-order valence-corrected chi connectivity index (χ1v) is 2.98. The summed E-state index contributed by atoms with van der Waals surface area (Å²) >= 11 is 0. The minimum absolute atomic E-state index is 0.696. The fourth-order valence-electron chi connectivity index (χ4n) is 0.135. The standard InChI is InChI=1S/CN2O6S/c2-1-8-10(6,7)9-3(4)5. The molecule has 0 unspecified atom stereocenters. The van der Waals surface area contributed by atoms with Crippen molar-refractivity contribution in [2.75, 3.05) is 0 Å². The van der Waals surface area contributed by atoms with Crippen LogP contribution < -0.4 is 0 Å². The highest BCUT2D eigenvalue weighted by Crippen LogP contribution is 1.92. The number of hydrogen-bond acceptors (Lipinski definition) is 7. The summed E-state index contributed by atoms with van der Waals surface area (Å²) in [5, 5.41) is 15.3. The lowest BCUT2D eigenvalue weighted by molar-refractivity contribution is -0.713. The van der Waals surface area contributed by atoms with Gasteiger partial charge in [0.15, 0.2) is 0 Å². The second-order valence-corrected chi connectivity index (χ2v) is 2.01. The molecular weight excluding hydrogens is 168 g/mol. The highest BCUT2D eigenvalue weighted by Gasteiger charge is 2.16. The van der Waals surface area contributed by atoms with E-state index in [4.69, 9.17) is 5.26 Å². The Labute approximate surface area is 55.0 Å². The summed E-state index contributed by atoms with van der Waals surface area (Å²) in [5.74, 6) is 0. The number of nitriles is 1. The predicted molar refractivity (Wildman–Crippen MR) is 23.7 cm³/mol. The third kappa shape index (κ3) is 3.44. The van der Waals surface area contributed by atoms with Gasteiger partial charge in [-0.3, -0.25) is 4.18 Å². The van der Waals surface area contributed by atoms with Crippen LogP contribution in [0.1, 0.15) is 0 Å². The molecule has 0 aromatic heterocycles. The maximum Gasteiger partial charge on any atom is 0.491 e. The second kappa shape index (κ2) is 2.83. The van der Waals surface area contributed by atoms with E-state index in [-0.39, 0.29) is 0 Å². The van der Waals surface area contributed by atoms with Crippen molar-refractivity contribution >= 4 is 10.4 Å². The van der Waals surface area contributed by atoms with Crippen LogP contribution in [0.3, 0.4) is 0 Å². The average molecular weight is 168 g/mol. The van der Waals surface area contributed by atoms with Crippen molar-refractivity contribution in [1.29, 1.82) is 5.26 Å². The van der Waals surface area contributed by atoms with Gasteiger partial charge in [-0.05, 0) is 0 Å². The van der Waals surface area contributed by atoms with E-state index in [1.165, 1.54) is 0 Å². The topological polar surface area (TPSA) is 120 Å². The van der Waals surface area contributed by atoms with Crippen LogP contribution in [-0.2, 0) is 18.9 Å². The molecule has 9 heteroatoms. The van der Waals surface area contributed by atoms with Gasteiger partial charge in [-0.1, -0.05) is 0 Å². The van der Waals surface area contributed by atoms with Crippen molar-refractivity contribution in [3.63, 3.8) is 0 Å². The van der Waals surface area contributed by atoms with Gasteiger partial charge in [0.1, 0.15) is 0 Å². The molecule has 0 heterocycles. The first-order chi connectivity index (χ1) is 4.48. The number of hydrogen-bond donors (Lipinski definition) is 0. The Hall–Kier alpha value is -1.56. The molecule has 10 heavy (non-hydrogen) atoms. The Kier molecular flexibility index (Phi) is 2.39. The average Bonchev–Trinajstić information content (AvgIpc) is 1.59. The minimum Gasteiger partial charge on any atom is -0.282 e. The van der Waals surface area contributed by atoms with Crippen LogP contribution in [0.5, 0.6) is 0 Å². The van der Waals surface area contributed by atoms with Crippen LogP contribution in [0, 0.1) is 21.6 Å². The Bertz CT molecular complexity index is 258. The molecule has 0 aliphatic heterocycles. The Morgan fingerprint density at radius 2 is 2.10 bits per heavy atom. The van der Waals surface area contributed by atoms with Crippen molar-refractivity contribution in [3.8, 4) is 6.26 Å². The van der Waals surface area contributed by atoms with Gasteiger partial charge in [0.2, 0.25) is 0 Å². The lowest BCUT2D eigenvalue weighted by atomic mass is 11.6. The Morgan fingerprint density at radius 3 is 2.40 bits per heavy atom. The van der Waals surface area contributed by atoms with E-state index in [1.54, 1.807) is 0 Å². The van der Waals surface area contributed by atoms with Gasteiger partial charge < -0.3 is 0 Å². The van der Waals surface area contributed by atoms with Crippen LogP contribution in [0.15, 0.2) is 0 Å². The van der Waals surface area contributed by atoms with Gasteiger partial charge in [-0.2, -0.15) is 8.42 Å². The summed E-state index contributed by atoms with van der Waals surface area (Å²) in [4.78, 5) is 9.30. The van der Waals surface area contributed by atoms with Gasteiger partial charge in [0.05, 0.1) is 0 Å². The molecule has 0 aliphatic carbocycles. The van der Waals surface area contributed by atoms with Crippen LogP contribution in [0.2, 0.25) is 0 Å². The molecule has 0 N–H and O–H groups in total. The molecule has 0 radical (unpaired) electrons. The van der Waals surface area contributed by atoms with Gasteiger partial charge in [-0.15, -0.1) is 19.7 Å². The van der Waals surface area contributed by atoms with E-state index in [2.05, 4.69) is 8.47 Å². The summed E-state index contributed by atoms with van der Waals surface area (Å²) in [6, 6.07) is 0. The third-order valence-electron chi connectivity index (χ3n) is 0.291. The fraction of sp³-hybridized carbons (Fsp3) is 0. The largest absolute Gasteiger partial charge is 0.491 e. The minimum atomic E-state index is -4.79. The fourth-order valence-corrected chi connectivity index (χ4v) is 0.406. The van der Waals surface area contributed by atoms with Crippen LogP contribution >= 0.6 is 0 Å². The zero-order valence-corrected chi connectivity index (χ0v) is 5.07. The molecule has 0 saturated heterocycles. The molecule has 0 saturated carbocycles. The monoisotopic (exact) mass is 168 g/mol. The zero-order valence-electron chi connectivity index (χ0n) is 4.25. The lowest BCUT2D eigenvalue weighted by Gasteiger charge is -1.91. The van der Waals surface area contributed by atoms with Gasteiger partial charge in [-0.25, -0.2) is 0 Å². The van der Waals surface area contributed by atoms with Crippen molar-refractivity contribution in [2.24, 2.45) is 0 Å². The molecule has 0 aromatic carbocycles. The first-order valence-electron chi connectivity index (χ1n) is 1.64. The van der Waals surface area contributed by atoms with Crippen LogP contribution in [0.25, 0.3) is 0 Å². The van der Waals surface area contributed by atoms with Crippen LogP contribution in [-0.4, -0.2) is 13.5 Å². The zero-order chi connectivity index (χ0) is 8.20. The Balaban J connectivity index is 4.19. The van der Waals surface area contributed by atoms with Crippen LogP contribution in [0.4, 0.5) is 0 Å². The molecular formula is CN2O6S. The maximum atomic E-state index is 9.93. The summed E-state index contributed by atoms with van der Waals surface area (Å²) < 4.78 is 25.9. The van der Waals surface area contributed by atoms with Crippen molar-refractivity contribution in [2.45, 2.75) is 0 Å². The second-order valence-electron chi connectivity index (χ2n) is 0.881. The molecule has 0 spiro atoms. The number of nitrogens with zero attached hydrogens (tertiary/aromatic N) is 2. The molecule has 0 atom stereocenters. The summed E-state index contributed by atoms with van der Waals surface area (Å²) in [6.07, 6.45) is 0.696. The molecule has 0 amide bonds. The smallest absolute Gasteiger partial charge is 0.282 e. The molecule has 0 aliphatic rings. The molecule has 0 fully saturated rings. The van der Waals surface area contributed by atoms with E-state index >= 15 is 0 Å². The van der Waals surface area contributed by atoms with Gasteiger partial charge in [0.25, 0.3) is 0 Å². The summed E-state index contributed by atoms with van der Waals surface area (Å²) in [7, 11) is -4.79. The lowest BCUT2D eigenvalue weighted by Crippen LogP contribution is -2.11. The van der Waals surface area contributed by atoms with Crippen molar-refractivity contribution in [1.82, 2.24) is 0 Å².